The van der Waals surface area contributed by atoms with Crippen LogP contribution in [0.1, 0.15) is 21.5 Å². The van der Waals surface area contributed by atoms with Gasteiger partial charge in [0.25, 0.3) is 11.8 Å². The zero-order valence-corrected chi connectivity index (χ0v) is 13.6. The molecule has 8 heteroatoms. The minimum atomic E-state index is -0.697. The molecule has 25 heavy (non-hydrogen) atoms. The maximum Gasteiger partial charge on any atom is 0.274 e. The van der Waals surface area contributed by atoms with E-state index < -0.39 is 5.91 Å². The van der Waals surface area contributed by atoms with E-state index in [4.69, 9.17) is 26.8 Å². The maximum atomic E-state index is 12.3. The van der Waals surface area contributed by atoms with Gasteiger partial charge in [0.2, 0.25) is 0 Å². The van der Waals surface area contributed by atoms with Crippen molar-refractivity contribution in [2.24, 2.45) is 0 Å². The van der Waals surface area contributed by atoms with Crippen LogP contribution in [0.25, 0.3) is 0 Å². The molecule has 0 radical (unpaired) electrons. The summed E-state index contributed by atoms with van der Waals surface area (Å²) in [5, 5.41) is 18.0. The first kappa shape index (κ1) is 16.8. The lowest BCUT2D eigenvalue weighted by Crippen LogP contribution is -2.38. The first-order valence-corrected chi connectivity index (χ1v) is 7.61. The molecule has 1 aliphatic rings. The van der Waals surface area contributed by atoms with E-state index in [1.165, 1.54) is 23.1 Å². The van der Waals surface area contributed by atoms with Gasteiger partial charge < -0.3 is 9.64 Å². The maximum absolute atomic E-state index is 12.3. The van der Waals surface area contributed by atoms with E-state index >= 15 is 0 Å². The van der Waals surface area contributed by atoms with Gasteiger partial charge >= 0.3 is 0 Å². The minimum absolute atomic E-state index is 0.132. The van der Waals surface area contributed by atoms with Gasteiger partial charge in [-0.25, -0.2) is 5.48 Å². The number of hydroxylamine groups is 1. The topological polar surface area (TPSA) is 103 Å². The molecule has 0 aromatic heterocycles. The van der Waals surface area contributed by atoms with Crippen molar-refractivity contribution in [2.75, 3.05) is 11.5 Å². The lowest BCUT2D eigenvalue weighted by Gasteiger charge is -2.30. The molecule has 126 valence electrons. The fraction of sp³-hybridized carbons (Fsp3) is 0.118. The van der Waals surface area contributed by atoms with E-state index in [0.29, 0.717) is 27.6 Å². The molecule has 0 atom stereocenters. The molecule has 0 saturated heterocycles. The highest BCUT2D eigenvalue weighted by atomic mass is 35.5. The van der Waals surface area contributed by atoms with Gasteiger partial charge in [-0.3, -0.25) is 14.8 Å². The Hall–Kier alpha value is -3.08. The zero-order valence-electron chi connectivity index (χ0n) is 12.8. The Bertz CT molecular complexity index is 907. The van der Waals surface area contributed by atoms with Crippen molar-refractivity contribution in [3.05, 3.63) is 58.1 Å². The highest BCUT2D eigenvalue weighted by molar-refractivity contribution is 6.31. The molecule has 2 N–H and O–H groups in total. The highest BCUT2D eigenvalue weighted by Gasteiger charge is 2.27. The van der Waals surface area contributed by atoms with Crippen molar-refractivity contribution in [3.8, 4) is 11.8 Å². The largest absolute Gasteiger partial charge is 0.482 e. The quantitative estimate of drug-likeness (QED) is 0.648. The molecule has 2 aromatic carbocycles. The van der Waals surface area contributed by atoms with E-state index in [1.807, 2.05) is 6.07 Å². The van der Waals surface area contributed by atoms with Crippen LogP contribution in [-0.4, -0.2) is 23.6 Å². The number of nitriles is 1. The molecule has 0 aliphatic carbocycles. The summed E-state index contributed by atoms with van der Waals surface area (Å²) in [5.74, 6) is -0.550. The molecule has 0 spiro atoms. The number of anilines is 1. The summed E-state index contributed by atoms with van der Waals surface area (Å²) < 4.78 is 5.38. The molecular formula is C17H12ClN3O4. The van der Waals surface area contributed by atoms with Crippen molar-refractivity contribution >= 4 is 29.1 Å². The number of carbonyl (C=O) groups is 2. The first-order chi connectivity index (χ1) is 12.0. The monoisotopic (exact) mass is 357 g/mol. The number of fused-ring (bicyclic) bond motifs is 1. The van der Waals surface area contributed by atoms with Crippen molar-refractivity contribution in [2.45, 2.75) is 6.54 Å². The molecule has 1 aliphatic heterocycles. The summed E-state index contributed by atoms with van der Waals surface area (Å²) in [6.45, 7) is 0.0242. The summed E-state index contributed by atoms with van der Waals surface area (Å²) in [5.41, 5.74) is 3.20. The van der Waals surface area contributed by atoms with Gasteiger partial charge in [0.15, 0.2) is 6.61 Å². The van der Waals surface area contributed by atoms with E-state index in [2.05, 4.69) is 0 Å². The number of carbonyl (C=O) groups excluding carboxylic acids is 2. The third kappa shape index (κ3) is 3.26. The molecule has 0 saturated carbocycles. The van der Waals surface area contributed by atoms with Gasteiger partial charge in [-0.1, -0.05) is 17.7 Å². The van der Waals surface area contributed by atoms with Gasteiger partial charge in [-0.05, 0) is 35.9 Å². The molecule has 2 aromatic rings. The number of nitrogens with one attached hydrogen (secondary N) is 1. The van der Waals surface area contributed by atoms with Crippen LogP contribution in [0.2, 0.25) is 5.02 Å². The highest BCUT2D eigenvalue weighted by Crippen LogP contribution is 2.35. The van der Waals surface area contributed by atoms with Gasteiger partial charge in [-0.15, -0.1) is 0 Å². The second-order valence-corrected chi connectivity index (χ2v) is 5.72. The predicted octanol–water partition coefficient (Wildman–Crippen LogP) is 2.26. The molecule has 2 amide bonds. The Morgan fingerprint density at radius 2 is 2.16 bits per heavy atom. The summed E-state index contributed by atoms with van der Waals surface area (Å²) in [7, 11) is 0. The van der Waals surface area contributed by atoms with Crippen LogP contribution < -0.4 is 15.1 Å². The minimum Gasteiger partial charge on any atom is -0.482 e. The summed E-state index contributed by atoms with van der Waals surface area (Å²) in [6, 6.07) is 11.3. The van der Waals surface area contributed by atoms with Crippen molar-refractivity contribution < 1.29 is 19.5 Å². The Morgan fingerprint density at radius 3 is 2.84 bits per heavy atom. The SMILES string of the molecule is N#Cc1ccc(CN2C(=O)COc3ccc(C(=O)NO)cc32)c(Cl)c1. The fourth-order valence-corrected chi connectivity index (χ4v) is 2.74. The average molecular weight is 358 g/mol. The second-order valence-electron chi connectivity index (χ2n) is 5.31. The van der Waals surface area contributed by atoms with E-state index in [0.717, 1.165) is 0 Å². The lowest BCUT2D eigenvalue weighted by molar-refractivity contribution is -0.121. The average Bonchev–Trinajstić information content (AvgIpc) is 2.64. The van der Waals surface area contributed by atoms with Crippen LogP contribution in [0.4, 0.5) is 5.69 Å². The van der Waals surface area contributed by atoms with Gasteiger partial charge in [0.1, 0.15) is 5.75 Å². The fourth-order valence-electron chi connectivity index (χ4n) is 2.50. The third-order valence-electron chi connectivity index (χ3n) is 3.78. The first-order valence-electron chi connectivity index (χ1n) is 7.23. The summed E-state index contributed by atoms with van der Waals surface area (Å²) in [4.78, 5) is 25.4. The molecule has 0 fully saturated rings. The molecular weight excluding hydrogens is 346 g/mol. The smallest absolute Gasteiger partial charge is 0.274 e. The molecule has 1 heterocycles. The van der Waals surface area contributed by atoms with Gasteiger partial charge in [0, 0.05) is 10.6 Å². The van der Waals surface area contributed by atoms with Crippen LogP contribution >= 0.6 is 11.6 Å². The standard InChI is InChI=1S/C17H12ClN3O4/c18-13-5-10(7-19)1-2-12(13)8-21-14-6-11(17(23)20-24)3-4-15(14)25-9-16(21)22/h1-6,24H,8-9H2,(H,20,23). The van der Waals surface area contributed by atoms with Crippen molar-refractivity contribution in [1.82, 2.24) is 5.48 Å². The van der Waals surface area contributed by atoms with Crippen LogP contribution in [-0.2, 0) is 11.3 Å². The van der Waals surface area contributed by atoms with Crippen molar-refractivity contribution in [3.63, 3.8) is 0 Å². The number of hydrogen-bond donors (Lipinski definition) is 2. The van der Waals surface area contributed by atoms with Crippen LogP contribution in [0.5, 0.6) is 5.75 Å². The number of hydrogen-bond acceptors (Lipinski definition) is 5. The van der Waals surface area contributed by atoms with E-state index in [9.17, 15) is 9.59 Å². The number of amides is 2. The second kappa shape index (κ2) is 6.81. The predicted molar refractivity (Wildman–Crippen MR) is 88.5 cm³/mol. The zero-order chi connectivity index (χ0) is 18.0. The number of nitrogens with zero attached hydrogens (tertiary/aromatic N) is 2. The molecule has 7 nitrogen and oxygen atoms in total. The number of halogens is 1. The summed E-state index contributed by atoms with van der Waals surface area (Å²) >= 11 is 6.19. The Labute approximate surface area is 147 Å². The van der Waals surface area contributed by atoms with Crippen molar-refractivity contribution in [1.29, 1.82) is 5.26 Å². The van der Waals surface area contributed by atoms with Crippen LogP contribution in [0.15, 0.2) is 36.4 Å². The number of benzene rings is 2. The Kier molecular flexibility index (Phi) is 4.57. The third-order valence-corrected chi connectivity index (χ3v) is 4.13. The van der Waals surface area contributed by atoms with Gasteiger partial charge in [0.05, 0.1) is 23.9 Å². The normalized spacial score (nSPS) is 12.8. The van der Waals surface area contributed by atoms with E-state index in [1.54, 1.807) is 23.7 Å². The Morgan fingerprint density at radius 1 is 1.36 bits per heavy atom. The molecule has 0 unspecified atom stereocenters. The van der Waals surface area contributed by atoms with E-state index in [-0.39, 0.29) is 24.6 Å². The molecule has 3 rings (SSSR count). The van der Waals surface area contributed by atoms with Crippen LogP contribution in [0, 0.1) is 11.3 Å². The lowest BCUT2D eigenvalue weighted by atomic mass is 10.1. The molecule has 0 bridgehead atoms. The number of ether oxygens (including phenoxy) is 1. The van der Waals surface area contributed by atoms with Crippen LogP contribution in [0.3, 0.4) is 0 Å². The Balaban J connectivity index is 1.98. The van der Waals surface area contributed by atoms with Gasteiger partial charge in [-0.2, -0.15) is 5.26 Å². The summed E-state index contributed by atoms with van der Waals surface area (Å²) in [6.07, 6.45) is 0. The number of rotatable bonds is 3.